The maximum Gasteiger partial charge on any atom is 0.152 e. The van der Waals surface area contributed by atoms with E-state index in [1.165, 1.54) is 11.1 Å². The van der Waals surface area contributed by atoms with Crippen molar-refractivity contribution in [3.63, 3.8) is 0 Å². The SMILES string of the molecule is Brc1cnc2c(c1)NCC1c3ccccc3CCN21. The van der Waals surface area contributed by atoms with E-state index < -0.39 is 0 Å². The van der Waals surface area contributed by atoms with Gasteiger partial charge in [-0.3, -0.25) is 0 Å². The van der Waals surface area contributed by atoms with Crippen molar-refractivity contribution in [1.29, 1.82) is 0 Å². The molecule has 1 N–H and O–H groups in total. The molecule has 0 bridgehead atoms. The van der Waals surface area contributed by atoms with Gasteiger partial charge < -0.3 is 10.2 Å². The molecule has 4 heteroatoms. The molecule has 1 unspecified atom stereocenters. The predicted molar refractivity (Wildman–Crippen MR) is 80.7 cm³/mol. The summed E-state index contributed by atoms with van der Waals surface area (Å²) < 4.78 is 1.02. The first-order valence-electron chi connectivity index (χ1n) is 6.57. The Morgan fingerprint density at radius 2 is 2.21 bits per heavy atom. The van der Waals surface area contributed by atoms with Crippen LogP contribution in [0, 0.1) is 0 Å². The second-order valence-corrected chi connectivity index (χ2v) is 5.98. The fourth-order valence-corrected chi connectivity index (χ4v) is 3.45. The lowest BCUT2D eigenvalue weighted by atomic mass is 9.91. The van der Waals surface area contributed by atoms with Crippen LogP contribution in [-0.2, 0) is 6.42 Å². The fraction of sp³-hybridized carbons (Fsp3) is 0.267. The largest absolute Gasteiger partial charge is 0.380 e. The van der Waals surface area contributed by atoms with Crippen molar-refractivity contribution in [3.05, 3.63) is 52.1 Å². The Bertz CT molecular complexity index is 641. The highest BCUT2D eigenvalue weighted by molar-refractivity contribution is 9.10. The van der Waals surface area contributed by atoms with Crippen molar-refractivity contribution in [3.8, 4) is 0 Å². The van der Waals surface area contributed by atoms with Gasteiger partial charge in [0, 0.05) is 23.8 Å². The molecule has 96 valence electrons. The minimum atomic E-state index is 0.408. The van der Waals surface area contributed by atoms with Crippen LogP contribution in [0.5, 0.6) is 0 Å². The molecule has 2 aliphatic rings. The number of rotatable bonds is 0. The molecule has 4 rings (SSSR count). The smallest absolute Gasteiger partial charge is 0.152 e. The van der Waals surface area contributed by atoms with Crippen LogP contribution in [0.1, 0.15) is 17.2 Å². The van der Waals surface area contributed by atoms with Gasteiger partial charge in [-0.25, -0.2) is 4.98 Å². The first kappa shape index (κ1) is 11.3. The quantitative estimate of drug-likeness (QED) is 0.808. The number of benzene rings is 1. The van der Waals surface area contributed by atoms with E-state index in [1.54, 1.807) is 0 Å². The average Bonchev–Trinajstić information content (AvgIpc) is 2.46. The molecule has 19 heavy (non-hydrogen) atoms. The van der Waals surface area contributed by atoms with Gasteiger partial charge in [0.2, 0.25) is 0 Å². The van der Waals surface area contributed by atoms with Gasteiger partial charge in [0.05, 0.1) is 11.7 Å². The Morgan fingerprint density at radius 1 is 1.32 bits per heavy atom. The molecule has 0 amide bonds. The number of aromatic nitrogens is 1. The van der Waals surface area contributed by atoms with Crippen molar-refractivity contribution in [2.24, 2.45) is 0 Å². The number of halogens is 1. The van der Waals surface area contributed by atoms with Crippen molar-refractivity contribution in [2.45, 2.75) is 12.5 Å². The van der Waals surface area contributed by atoms with E-state index in [1.807, 2.05) is 6.20 Å². The highest BCUT2D eigenvalue weighted by atomic mass is 79.9. The third-order valence-corrected chi connectivity index (χ3v) is 4.44. The average molecular weight is 316 g/mol. The second kappa shape index (κ2) is 4.23. The summed E-state index contributed by atoms with van der Waals surface area (Å²) in [6.45, 7) is 1.99. The second-order valence-electron chi connectivity index (χ2n) is 5.06. The summed E-state index contributed by atoms with van der Waals surface area (Å²) >= 11 is 3.48. The highest BCUT2D eigenvalue weighted by Crippen LogP contribution is 2.40. The van der Waals surface area contributed by atoms with E-state index >= 15 is 0 Å². The topological polar surface area (TPSA) is 28.2 Å². The van der Waals surface area contributed by atoms with Gasteiger partial charge in [0.1, 0.15) is 0 Å². The third kappa shape index (κ3) is 1.74. The molecule has 1 atom stereocenters. The summed E-state index contributed by atoms with van der Waals surface area (Å²) in [6, 6.07) is 11.3. The molecule has 0 saturated heterocycles. The van der Waals surface area contributed by atoms with Gasteiger partial charge in [-0.1, -0.05) is 24.3 Å². The Hall–Kier alpha value is -1.55. The minimum Gasteiger partial charge on any atom is -0.380 e. The molecule has 3 heterocycles. The highest BCUT2D eigenvalue weighted by Gasteiger charge is 2.32. The Morgan fingerprint density at radius 3 is 3.16 bits per heavy atom. The van der Waals surface area contributed by atoms with Crippen LogP contribution in [0.4, 0.5) is 11.5 Å². The minimum absolute atomic E-state index is 0.408. The van der Waals surface area contributed by atoms with Crippen LogP contribution in [0.3, 0.4) is 0 Å². The fourth-order valence-electron chi connectivity index (χ4n) is 3.12. The molecule has 3 nitrogen and oxygen atoms in total. The normalized spacial score (nSPS) is 20.1. The van der Waals surface area contributed by atoms with Gasteiger partial charge in [-0.05, 0) is 39.5 Å². The van der Waals surface area contributed by atoms with Crippen LogP contribution < -0.4 is 10.2 Å². The Labute approximate surface area is 120 Å². The molecule has 1 aromatic carbocycles. The zero-order chi connectivity index (χ0) is 12.8. The van der Waals surface area contributed by atoms with Gasteiger partial charge in [-0.2, -0.15) is 0 Å². The number of nitrogens with zero attached hydrogens (tertiary/aromatic N) is 2. The Balaban J connectivity index is 1.81. The lowest BCUT2D eigenvalue weighted by Gasteiger charge is -2.42. The first-order valence-corrected chi connectivity index (χ1v) is 7.36. The van der Waals surface area contributed by atoms with Crippen LogP contribution in [0.25, 0.3) is 0 Å². The van der Waals surface area contributed by atoms with E-state index in [0.29, 0.717) is 6.04 Å². The van der Waals surface area contributed by atoms with E-state index in [4.69, 9.17) is 0 Å². The first-order chi connectivity index (χ1) is 9.33. The molecule has 2 aliphatic heterocycles. The summed E-state index contributed by atoms with van der Waals surface area (Å²) in [4.78, 5) is 7.02. The molecule has 0 spiro atoms. The molecule has 0 aliphatic carbocycles. The predicted octanol–water partition coefficient (Wildman–Crippen LogP) is 3.37. The zero-order valence-electron chi connectivity index (χ0n) is 10.4. The molecule has 1 aromatic heterocycles. The van der Waals surface area contributed by atoms with Gasteiger partial charge >= 0.3 is 0 Å². The van der Waals surface area contributed by atoms with Crippen LogP contribution >= 0.6 is 15.9 Å². The molecular formula is C15H14BrN3. The standard InChI is InChI=1S/C15H14BrN3/c16-11-7-13-15(18-8-11)19-6-5-10-3-1-2-4-12(10)14(19)9-17-13/h1-4,7-8,14,17H,5-6,9H2. The summed E-state index contributed by atoms with van der Waals surface area (Å²) in [5.41, 5.74) is 4.05. The molecule has 0 radical (unpaired) electrons. The Kier molecular flexibility index (Phi) is 2.52. The van der Waals surface area contributed by atoms with E-state index in [2.05, 4.69) is 61.5 Å². The van der Waals surface area contributed by atoms with E-state index in [0.717, 1.165) is 35.5 Å². The van der Waals surface area contributed by atoms with Crippen molar-refractivity contribution < 1.29 is 0 Å². The van der Waals surface area contributed by atoms with Crippen molar-refractivity contribution >= 4 is 27.4 Å². The zero-order valence-corrected chi connectivity index (χ0v) is 12.0. The van der Waals surface area contributed by atoms with Gasteiger partial charge in [0.15, 0.2) is 5.82 Å². The van der Waals surface area contributed by atoms with Crippen molar-refractivity contribution in [1.82, 2.24) is 4.98 Å². The monoisotopic (exact) mass is 315 g/mol. The molecule has 2 aromatic rings. The molecule has 0 fully saturated rings. The van der Waals surface area contributed by atoms with E-state index in [-0.39, 0.29) is 0 Å². The summed E-state index contributed by atoms with van der Waals surface area (Å²) in [5.74, 6) is 1.08. The lowest BCUT2D eigenvalue weighted by Crippen LogP contribution is -2.42. The number of nitrogens with one attached hydrogen (secondary N) is 1. The summed E-state index contributed by atoms with van der Waals surface area (Å²) in [7, 11) is 0. The number of hydrogen-bond donors (Lipinski definition) is 1. The van der Waals surface area contributed by atoms with Gasteiger partial charge in [0.25, 0.3) is 0 Å². The third-order valence-electron chi connectivity index (χ3n) is 4.00. The number of fused-ring (bicyclic) bond motifs is 5. The maximum absolute atomic E-state index is 4.59. The van der Waals surface area contributed by atoms with Crippen LogP contribution in [0.15, 0.2) is 41.0 Å². The van der Waals surface area contributed by atoms with Crippen LogP contribution in [0.2, 0.25) is 0 Å². The van der Waals surface area contributed by atoms with Gasteiger partial charge in [-0.15, -0.1) is 0 Å². The lowest BCUT2D eigenvalue weighted by molar-refractivity contribution is 0.583. The van der Waals surface area contributed by atoms with E-state index in [9.17, 15) is 0 Å². The summed E-state index contributed by atoms with van der Waals surface area (Å²) in [5, 5.41) is 3.51. The maximum atomic E-state index is 4.59. The van der Waals surface area contributed by atoms with Crippen LogP contribution in [-0.4, -0.2) is 18.1 Å². The molecular weight excluding hydrogens is 302 g/mol. The number of anilines is 2. The molecule has 0 saturated carbocycles. The number of pyridine rings is 1. The summed E-state index contributed by atoms with van der Waals surface area (Å²) in [6.07, 6.45) is 2.98. The number of hydrogen-bond acceptors (Lipinski definition) is 3. The van der Waals surface area contributed by atoms with Crippen molar-refractivity contribution in [2.75, 3.05) is 23.3 Å².